The fourth-order valence-corrected chi connectivity index (χ4v) is 5.77. The number of halogens is 1. The lowest BCUT2D eigenvalue weighted by atomic mass is 9.94. The number of nitrogens with one attached hydrogen (secondary N) is 1. The zero-order chi connectivity index (χ0) is 25.7. The molecule has 0 bridgehead atoms. The minimum Gasteiger partial charge on any atom is -0.491 e. The Kier molecular flexibility index (Phi) is 8.25. The van der Waals surface area contributed by atoms with Crippen molar-refractivity contribution < 1.29 is 23.8 Å². The summed E-state index contributed by atoms with van der Waals surface area (Å²) < 4.78 is 27.4. The minimum atomic E-state index is -1.29. The fraction of sp³-hybridized carbons (Fsp3) is 0.586. The Labute approximate surface area is 218 Å². The number of carboxylic acids is 1. The maximum atomic E-state index is 15.8. The summed E-state index contributed by atoms with van der Waals surface area (Å²) in [7, 11) is 0. The summed E-state index contributed by atoms with van der Waals surface area (Å²) in [6.07, 6.45) is 5.81. The lowest BCUT2D eigenvalue weighted by Gasteiger charge is -2.25. The first-order chi connectivity index (χ1) is 18.0. The maximum Gasteiger partial charge on any atom is 0.304 e. The number of aryl methyl sites for hydroxylation is 2. The van der Waals surface area contributed by atoms with Crippen LogP contribution in [0.1, 0.15) is 61.3 Å². The van der Waals surface area contributed by atoms with Gasteiger partial charge < -0.3 is 19.9 Å². The van der Waals surface area contributed by atoms with Crippen LogP contribution >= 0.6 is 0 Å². The van der Waals surface area contributed by atoms with Crippen molar-refractivity contribution in [3.63, 3.8) is 0 Å². The van der Waals surface area contributed by atoms with Crippen molar-refractivity contribution in [3.8, 4) is 5.75 Å². The summed E-state index contributed by atoms with van der Waals surface area (Å²) in [4.78, 5) is 18.5. The van der Waals surface area contributed by atoms with Gasteiger partial charge in [-0.25, -0.2) is 9.37 Å². The molecule has 7 nitrogen and oxygen atoms in total. The number of aliphatic carboxylic acids is 1. The van der Waals surface area contributed by atoms with Crippen LogP contribution in [0.3, 0.4) is 0 Å². The van der Waals surface area contributed by atoms with E-state index in [1.165, 1.54) is 5.56 Å². The van der Waals surface area contributed by atoms with Crippen molar-refractivity contribution in [2.75, 3.05) is 44.7 Å². The first-order valence-corrected chi connectivity index (χ1v) is 13.7. The molecule has 3 aliphatic heterocycles. The second-order valence-corrected chi connectivity index (χ2v) is 10.8. The SMILES string of the molecule is O=C(O)C[C@H](CN1CC[C@@](F)(CCc2ccc3c(n2)NCCC3)C1)c1cccc(OC[C@@H]2CCCO2)c1. The predicted octanol–water partition coefficient (Wildman–Crippen LogP) is 4.60. The highest BCUT2D eigenvalue weighted by atomic mass is 19.1. The van der Waals surface area contributed by atoms with Crippen molar-refractivity contribution in [2.45, 2.75) is 69.1 Å². The van der Waals surface area contributed by atoms with E-state index in [1.54, 1.807) is 0 Å². The molecule has 1 aromatic carbocycles. The van der Waals surface area contributed by atoms with E-state index in [4.69, 9.17) is 14.5 Å². The fourth-order valence-electron chi connectivity index (χ4n) is 5.77. The van der Waals surface area contributed by atoms with Gasteiger partial charge in [-0.3, -0.25) is 9.69 Å². The number of nitrogens with zero attached hydrogens (tertiary/aromatic N) is 2. The molecule has 0 aliphatic carbocycles. The average molecular weight is 512 g/mol. The molecule has 0 spiro atoms. The molecule has 0 unspecified atom stereocenters. The number of aromatic nitrogens is 1. The van der Waals surface area contributed by atoms with Gasteiger partial charge in [-0.2, -0.15) is 0 Å². The number of pyridine rings is 1. The van der Waals surface area contributed by atoms with Crippen molar-refractivity contribution >= 4 is 11.8 Å². The van der Waals surface area contributed by atoms with E-state index in [-0.39, 0.29) is 18.4 Å². The standard InChI is InChI=1S/C29H38FN3O4/c30-29(11-10-24-9-8-21-5-2-13-31-28(21)32-24)12-14-33(20-29)18-23(17-27(34)35)22-4-1-6-25(16-22)37-19-26-7-3-15-36-26/h1,4,6,8-9,16,23,26H,2-3,5,7,10-15,17-20H2,(H,31,32)(H,34,35)/t23-,26+,29+/m1/s1. The second kappa shape index (κ2) is 11.8. The molecule has 2 aromatic rings. The summed E-state index contributed by atoms with van der Waals surface area (Å²) in [5, 5.41) is 12.9. The molecule has 0 radical (unpaired) electrons. The quantitative estimate of drug-likeness (QED) is 0.456. The largest absolute Gasteiger partial charge is 0.491 e. The highest BCUT2D eigenvalue weighted by Gasteiger charge is 2.39. The zero-order valence-corrected chi connectivity index (χ0v) is 21.5. The Bertz CT molecular complexity index is 1080. The molecule has 5 rings (SSSR count). The second-order valence-electron chi connectivity index (χ2n) is 10.8. The first kappa shape index (κ1) is 25.9. The van der Waals surface area contributed by atoms with Crippen LogP contribution in [0.2, 0.25) is 0 Å². The molecule has 200 valence electrons. The van der Waals surface area contributed by atoms with Gasteiger partial charge in [-0.1, -0.05) is 18.2 Å². The van der Waals surface area contributed by atoms with Crippen molar-refractivity contribution in [1.82, 2.24) is 9.88 Å². The van der Waals surface area contributed by atoms with Gasteiger partial charge in [0.1, 0.15) is 23.8 Å². The zero-order valence-electron chi connectivity index (χ0n) is 21.5. The van der Waals surface area contributed by atoms with Crippen LogP contribution < -0.4 is 10.1 Å². The van der Waals surface area contributed by atoms with Crippen LogP contribution in [0.4, 0.5) is 10.2 Å². The van der Waals surface area contributed by atoms with Crippen LogP contribution in [0.25, 0.3) is 0 Å². The summed E-state index contributed by atoms with van der Waals surface area (Å²) in [5.74, 6) is 0.577. The van der Waals surface area contributed by atoms with Gasteiger partial charge in [0.2, 0.25) is 0 Å². The molecule has 0 amide bonds. The molecule has 0 saturated carbocycles. The normalized spacial score (nSPS) is 24.4. The van der Waals surface area contributed by atoms with Crippen LogP contribution in [-0.4, -0.2) is 72.1 Å². The van der Waals surface area contributed by atoms with Gasteiger partial charge in [0, 0.05) is 44.4 Å². The van der Waals surface area contributed by atoms with Gasteiger partial charge in [0.25, 0.3) is 0 Å². The minimum absolute atomic E-state index is 0.00296. The van der Waals surface area contributed by atoms with Crippen LogP contribution in [-0.2, 0) is 22.4 Å². The lowest BCUT2D eigenvalue weighted by Crippen LogP contribution is -2.32. The number of hydrogen-bond acceptors (Lipinski definition) is 6. The number of likely N-dealkylation sites (tertiary alicyclic amines) is 1. The Morgan fingerprint density at radius 3 is 3.08 bits per heavy atom. The molecule has 3 atom stereocenters. The number of rotatable bonds is 11. The third-order valence-electron chi connectivity index (χ3n) is 7.85. The molecule has 4 heterocycles. The molecule has 1 aromatic heterocycles. The number of ether oxygens (including phenoxy) is 2. The number of fused-ring (bicyclic) bond motifs is 1. The van der Waals surface area contributed by atoms with Crippen molar-refractivity contribution in [1.29, 1.82) is 0 Å². The summed E-state index contributed by atoms with van der Waals surface area (Å²) in [6.45, 7) is 3.67. The van der Waals surface area contributed by atoms with Crippen LogP contribution in [0.15, 0.2) is 36.4 Å². The number of alkyl halides is 1. The summed E-state index contributed by atoms with van der Waals surface area (Å²) >= 11 is 0. The Morgan fingerprint density at radius 1 is 1.32 bits per heavy atom. The van der Waals surface area contributed by atoms with Crippen molar-refractivity contribution in [3.05, 3.63) is 53.2 Å². The molecule has 2 fully saturated rings. The number of hydrogen-bond donors (Lipinski definition) is 2. The average Bonchev–Trinajstić information content (AvgIpc) is 3.56. The van der Waals surface area contributed by atoms with E-state index in [0.29, 0.717) is 45.5 Å². The maximum absolute atomic E-state index is 15.8. The van der Waals surface area contributed by atoms with Crippen LogP contribution in [0, 0.1) is 0 Å². The molecule has 2 saturated heterocycles. The Balaban J connectivity index is 1.17. The number of benzene rings is 1. The van der Waals surface area contributed by atoms with Gasteiger partial charge in [-0.05, 0) is 74.3 Å². The number of anilines is 1. The van der Waals surface area contributed by atoms with E-state index in [2.05, 4.69) is 16.3 Å². The lowest BCUT2D eigenvalue weighted by molar-refractivity contribution is -0.137. The Hall–Kier alpha value is -2.71. The van der Waals surface area contributed by atoms with E-state index >= 15 is 4.39 Å². The van der Waals surface area contributed by atoms with Gasteiger partial charge >= 0.3 is 5.97 Å². The monoisotopic (exact) mass is 511 g/mol. The molecular weight excluding hydrogens is 473 g/mol. The third-order valence-corrected chi connectivity index (χ3v) is 7.85. The summed E-state index contributed by atoms with van der Waals surface area (Å²) in [6, 6.07) is 11.8. The highest BCUT2D eigenvalue weighted by Crippen LogP contribution is 2.34. The topological polar surface area (TPSA) is 83.9 Å². The smallest absolute Gasteiger partial charge is 0.304 e. The molecule has 2 N–H and O–H groups in total. The van der Waals surface area contributed by atoms with E-state index in [1.807, 2.05) is 30.3 Å². The van der Waals surface area contributed by atoms with E-state index < -0.39 is 11.6 Å². The van der Waals surface area contributed by atoms with Gasteiger partial charge in [-0.15, -0.1) is 0 Å². The highest BCUT2D eigenvalue weighted by molar-refractivity contribution is 5.68. The Morgan fingerprint density at radius 2 is 2.24 bits per heavy atom. The molecule has 3 aliphatic rings. The molecule has 37 heavy (non-hydrogen) atoms. The van der Waals surface area contributed by atoms with Crippen molar-refractivity contribution in [2.24, 2.45) is 0 Å². The molecular formula is C29H38FN3O4. The van der Waals surface area contributed by atoms with E-state index in [9.17, 15) is 9.90 Å². The molecule has 8 heteroatoms. The van der Waals surface area contributed by atoms with E-state index in [0.717, 1.165) is 61.7 Å². The predicted molar refractivity (Wildman–Crippen MR) is 140 cm³/mol. The summed E-state index contributed by atoms with van der Waals surface area (Å²) in [5.41, 5.74) is 1.79. The number of carboxylic acid groups (broad SMARTS) is 1. The first-order valence-electron chi connectivity index (χ1n) is 13.7. The number of carbonyl (C=O) groups is 1. The van der Waals surface area contributed by atoms with Gasteiger partial charge in [0.15, 0.2) is 0 Å². The van der Waals surface area contributed by atoms with Crippen LogP contribution in [0.5, 0.6) is 5.75 Å². The third kappa shape index (κ3) is 6.99. The van der Waals surface area contributed by atoms with Gasteiger partial charge in [0.05, 0.1) is 12.5 Å².